The molecular weight excluding hydrogens is 430 g/mol. The summed E-state index contributed by atoms with van der Waals surface area (Å²) in [6.07, 6.45) is 4.39. The van der Waals surface area contributed by atoms with Gasteiger partial charge in [-0.3, -0.25) is 9.59 Å². The minimum atomic E-state index is -3.53. The van der Waals surface area contributed by atoms with Crippen LogP contribution in [0.15, 0.2) is 52.0 Å². The lowest BCUT2D eigenvalue weighted by atomic mass is 9.81. The highest BCUT2D eigenvalue weighted by Gasteiger charge is 2.29. The van der Waals surface area contributed by atoms with Crippen LogP contribution in [0.3, 0.4) is 0 Å². The molecule has 2 amide bonds. The van der Waals surface area contributed by atoms with Gasteiger partial charge in [-0.2, -0.15) is 0 Å². The molecule has 1 aromatic carbocycles. The fourth-order valence-electron chi connectivity index (χ4n) is 3.79. The molecule has 0 radical (unpaired) electrons. The molecule has 3 N–H and O–H groups in total. The van der Waals surface area contributed by atoms with E-state index in [0.29, 0.717) is 25.1 Å². The highest BCUT2D eigenvalue weighted by molar-refractivity contribution is 7.89. The fourth-order valence-corrected chi connectivity index (χ4v) is 4.91. The second kappa shape index (κ2) is 10.8. The van der Waals surface area contributed by atoms with Crippen LogP contribution in [0, 0.1) is 18.8 Å². The zero-order valence-electron chi connectivity index (χ0n) is 18.5. The number of sulfonamides is 1. The average molecular weight is 462 g/mol. The Hall–Kier alpha value is -2.65. The molecule has 0 saturated heterocycles. The molecule has 2 aromatic rings. The lowest BCUT2D eigenvalue weighted by Gasteiger charge is -2.28. The molecule has 8 nitrogen and oxygen atoms in total. The van der Waals surface area contributed by atoms with Gasteiger partial charge in [-0.05, 0) is 69.7 Å². The molecule has 0 unspecified atom stereocenters. The summed E-state index contributed by atoms with van der Waals surface area (Å²) < 4.78 is 32.8. The van der Waals surface area contributed by atoms with Crippen molar-refractivity contribution in [1.82, 2.24) is 15.4 Å². The topological polar surface area (TPSA) is 118 Å². The van der Waals surface area contributed by atoms with Crippen molar-refractivity contribution in [3.05, 3.63) is 54.0 Å². The molecule has 174 valence electrons. The van der Waals surface area contributed by atoms with Crippen molar-refractivity contribution >= 4 is 21.8 Å². The van der Waals surface area contributed by atoms with Crippen molar-refractivity contribution in [3.63, 3.8) is 0 Å². The summed E-state index contributed by atoms with van der Waals surface area (Å²) in [7, 11) is -3.53. The van der Waals surface area contributed by atoms with Crippen molar-refractivity contribution in [3.8, 4) is 0 Å². The Morgan fingerprint density at radius 1 is 1.09 bits per heavy atom. The van der Waals surface area contributed by atoms with E-state index in [1.54, 1.807) is 43.3 Å². The fraction of sp³-hybridized carbons (Fsp3) is 0.478. The maximum atomic E-state index is 12.6. The largest absolute Gasteiger partial charge is 0.467 e. The number of rotatable bonds is 9. The summed E-state index contributed by atoms with van der Waals surface area (Å²) in [4.78, 5) is 25.0. The van der Waals surface area contributed by atoms with E-state index in [1.807, 2.05) is 6.92 Å². The van der Waals surface area contributed by atoms with Crippen molar-refractivity contribution in [2.75, 3.05) is 6.54 Å². The van der Waals surface area contributed by atoms with Crippen molar-refractivity contribution in [2.24, 2.45) is 11.8 Å². The van der Waals surface area contributed by atoms with Crippen LogP contribution in [0.4, 0.5) is 0 Å². The Morgan fingerprint density at radius 2 is 1.78 bits per heavy atom. The number of hydrogen-bond donors (Lipinski definition) is 3. The van der Waals surface area contributed by atoms with E-state index < -0.39 is 16.1 Å². The van der Waals surface area contributed by atoms with Gasteiger partial charge in [0.25, 0.3) is 0 Å². The van der Waals surface area contributed by atoms with Crippen LogP contribution < -0.4 is 15.4 Å². The van der Waals surface area contributed by atoms with Gasteiger partial charge < -0.3 is 15.1 Å². The van der Waals surface area contributed by atoms with Gasteiger partial charge >= 0.3 is 0 Å². The Labute approximate surface area is 189 Å². The third-order valence-electron chi connectivity index (χ3n) is 5.88. The van der Waals surface area contributed by atoms with Gasteiger partial charge in [0.05, 0.1) is 17.7 Å². The predicted molar refractivity (Wildman–Crippen MR) is 120 cm³/mol. The van der Waals surface area contributed by atoms with Crippen LogP contribution >= 0.6 is 0 Å². The Kier molecular flexibility index (Phi) is 8.09. The molecule has 1 fully saturated rings. The second-order valence-corrected chi connectivity index (χ2v) is 10.2. The van der Waals surface area contributed by atoms with Crippen LogP contribution in [0.5, 0.6) is 0 Å². The van der Waals surface area contributed by atoms with Gasteiger partial charge in [-0.25, -0.2) is 13.1 Å². The molecular formula is C23H31N3O5S. The standard InChI is InChI=1S/C23H31N3O5S/c1-16-5-11-21(12-6-16)32(29,30)25-14-18-7-9-19(10-8-18)23(28)26-17(2)22(27)24-15-20-4-3-13-31-20/h3-6,11-13,17-19,25H,7-10,14-15H2,1-2H3,(H,24,27)(H,26,28)/t17-,18?,19?/m0/s1. The van der Waals surface area contributed by atoms with Gasteiger partial charge in [0.2, 0.25) is 21.8 Å². The average Bonchev–Trinajstić information content (AvgIpc) is 3.30. The van der Waals surface area contributed by atoms with Crippen LogP contribution in [-0.4, -0.2) is 32.8 Å². The Bertz CT molecular complexity index is 995. The molecule has 1 aliphatic rings. The molecule has 1 aromatic heterocycles. The zero-order valence-corrected chi connectivity index (χ0v) is 19.3. The van der Waals surface area contributed by atoms with Gasteiger partial charge in [-0.1, -0.05) is 17.7 Å². The summed E-state index contributed by atoms with van der Waals surface area (Å²) in [5.74, 6) is 0.264. The lowest BCUT2D eigenvalue weighted by molar-refractivity contribution is -0.131. The predicted octanol–water partition coefficient (Wildman–Crippen LogP) is 2.49. The monoisotopic (exact) mass is 461 g/mol. The molecule has 3 rings (SSSR count). The van der Waals surface area contributed by atoms with Gasteiger partial charge in [0, 0.05) is 12.5 Å². The molecule has 1 saturated carbocycles. The third-order valence-corrected chi connectivity index (χ3v) is 7.32. The number of hydrogen-bond acceptors (Lipinski definition) is 5. The molecule has 32 heavy (non-hydrogen) atoms. The van der Waals surface area contributed by atoms with Crippen LogP contribution in [0.25, 0.3) is 0 Å². The number of carbonyl (C=O) groups excluding carboxylic acids is 2. The first-order chi connectivity index (χ1) is 15.2. The molecule has 1 aliphatic carbocycles. The lowest BCUT2D eigenvalue weighted by Crippen LogP contribution is -2.47. The second-order valence-electron chi connectivity index (χ2n) is 8.41. The normalized spacial score (nSPS) is 19.8. The smallest absolute Gasteiger partial charge is 0.242 e. The van der Waals surface area contributed by atoms with E-state index in [9.17, 15) is 18.0 Å². The maximum absolute atomic E-state index is 12.6. The highest BCUT2D eigenvalue weighted by Crippen LogP contribution is 2.29. The summed E-state index contributed by atoms with van der Waals surface area (Å²) >= 11 is 0. The summed E-state index contributed by atoms with van der Waals surface area (Å²) in [6.45, 7) is 4.19. The van der Waals surface area contributed by atoms with Crippen molar-refractivity contribution < 1.29 is 22.4 Å². The number of nitrogens with one attached hydrogen (secondary N) is 3. The van der Waals surface area contributed by atoms with E-state index in [-0.39, 0.29) is 35.1 Å². The number of aryl methyl sites for hydroxylation is 1. The van der Waals surface area contributed by atoms with Crippen LogP contribution in [-0.2, 0) is 26.2 Å². The molecule has 1 atom stereocenters. The molecule has 9 heteroatoms. The SMILES string of the molecule is Cc1ccc(S(=O)(=O)NCC2CCC(C(=O)N[C@@H](C)C(=O)NCc3ccco3)CC2)cc1. The van der Waals surface area contributed by atoms with E-state index in [1.165, 1.54) is 6.26 Å². The zero-order chi connectivity index (χ0) is 23.1. The molecule has 0 spiro atoms. The van der Waals surface area contributed by atoms with Crippen molar-refractivity contribution in [1.29, 1.82) is 0 Å². The molecule has 0 bridgehead atoms. The number of carbonyl (C=O) groups is 2. The third kappa shape index (κ3) is 6.67. The van der Waals surface area contributed by atoms with Gasteiger partial charge in [-0.15, -0.1) is 0 Å². The number of furan rings is 1. The van der Waals surface area contributed by atoms with E-state index in [2.05, 4.69) is 15.4 Å². The summed E-state index contributed by atoms with van der Waals surface area (Å²) in [5, 5.41) is 5.52. The molecule has 1 heterocycles. The first-order valence-corrected chi connectivity index (χ1v) is 12.4. The van der Waals surface area contributed by atoms with E-state index in [4.69, 9.17) is 4.42 Å². The quantitative estimate of drug-likeness (QED) is 0.530. The van der Waals surface area contributed by atoms with E-state index >= 15 is 0 Å². The summed E-state index contributed by atoms with van der Waals surface area (Å²) in [6, 6.07) is 9.62. The van der Waals surface area contributed by atoms with E-state index in [0.717, 1.165) is 18.4 Å². The minimum absolute atomic E-state index is 0.135. The number of benzene rings is 1. The first kappa shape index (κ1) is 24.0. The Balaban J connectivity index is 1.39. The minimum Gasteiger partial charge on any atom is -0.467 e. The Morgan fingerprint density at radius 3 is 2.41 bits per heavy atom. The van der Waals surface area contributed by atoms with Crippen LogP contribution in [0.2, 0.25) is 0 Å². The first-order valence-electron chi connectivity index (χ1n) is 10.9. The summed E-state index contributed by atoms with van der Waals surface area (Å²) in [5.41, 5.74) is 1.00. The maximum Gasteiger partial charge on any atom is 0.242 e. The highest BCUT2D eigenvalue weighted by atomic mass is 32.2. The van der Waals surface area contributed by atoms with Crippen LogP contribution in [0.1, 0.15) is 43.9 Å². The van der Waals surface area contributed by atoms with Crippen molar-refractivity contribution in [2.45, 2.75) is 57.0 Å². The van der Waals surface area contributed by atoms with Gasteiger partial charge in [0.1, 0.15) is 11.8 Å². The molecule has 0 aliphatic heterocycles. The van der Waals surface area contributed by atoms with Gasteiger partial charge in [0.15, 0.2) is 0 Å². The number of amides is 2.